The van der Waals surface area contributed by atoms with Crippen LogP contribution in [0, 0.1) is 35.0 Å². The summed E-state index contributed by atoms with van der Waals surface area (Å²) in [6, 6.07) is 23.1. The highest BCUT2D eigenvalue weighted by Crippen LogP contribution is 2.55. The van der Waals surface area contributed by atoms with Crippen LogP contribution in [0.25, 0.3) is 0 Å². The first-order chi connectivity index (χ1) is 26.6. The lowest BCUT2D eigenvalue weighted by atomic mass is 9.76. The van der Waals surface area contributed by atoms with E-state index in [0.29, 0.717) is 38.1 Å². The molecule has 8 nitrogen and oxygen atoms in total. The molecule has 8 unspecified atom stereocenters. The van der Waals surface area contributed by atoms with E-state index in [1.807, 2.05) is 31.2 Å². The first kappa shape index (κ1) is 39.2. The minimum Gasteiger partial charge on any atom is -0.465 e. The molecule has 5 aliphatic carbocycles. The van der Waals surface area contributed by atoms with Gasteiger partial charge in [-0.05, 0) is 102 Å². The van der Waals surface area contributed by atoms with Gasteiger partial charge in [0.25, 0.3) is 0 Å². The van der Waals surface area contributed by atoms with E-state index < -0.39 is 17.4 Å². The SMILES string of the molecule is CC1C2CC(C(=O)OCCc3ccc4c(c3)CC4)C(C2)C1C.CCC(C)(CC(=O)OCCOC1Cc2ccccc21)C(=O)OCCOC1Cc2ccccc21. The fraction of sp³-hybridized carbons (Fsp3) is 0.553. The second-order valence-electron chi connectivity index (χ2n) is 16.7. The number of esters is 3. The van der Waals surface area contributed by atoms with E-state index in [1.165, 1.54) is 58.2 Å². The zero-order chi connectivity index (χ0) is 38.5. The first-order valence-corrected chi connectivity index (χ1v) is 20.6. The van der Waals surface area contributed by atoms with E-state index in [-0.39, 0.29) is 43.7 Å². The summed E-state index contributed by atoms with van der Waals surface area (Å²) in [5.74, 6) is 2.22. The molecule has 0 saturated heterocycles. The van der Waals surface area contributed by atoms with Gasteiger partial charge in [0.05, 0.1) is 49.8 Å². The van der Waals surface area contributed by atoms with Crippen LogP contribution in [0.5, 0.6) is 0 Å². The molecule has 2 saturated carbocycles. The lowest BCUT2D eigenvalue weighted by Gasteiger charge is -2.30. The summed E-state index contributed by atoms with van der Waals surface area (Å²) in [5, 5.41) is 0. The summed E-state index contributed by atoms with van der Waals surface area (Å²) in [4.78, 5) is 37.3. The van der Waals surface area contributed by atoms with Crippen molar-refractivity contribution >= 4 is 17.9 Å². The molecule has 3 aromatic rings. The van der Waals surface area contributed by atoms with Crippen LogP contribution in [-0.4, -0.2) is 50.9 Å². The van der Waals surface area contributed by atoms with Gasteiger partial charge in [0.2, 0.25) is 0 Å². The van der Waals surface area contributed by atoms with E-state index in [4.69, 9.17) is 23.7 Å². The highest BCUT2D eigenvalue weighted by atomic mass is 16.6. The number of rotatable bonds is 16. The number of hydrogen-bond donors (Lipinski definition) is 0. The number of benzene rings is 3. The monoisotopic (exact) mass is 750 g/mol. The molecule has 8 atom stereocenters. The van der Waals surface area contributed by atoms with Crippen molar-refractivity contribution in [3.8, 4) is 0 Å². The summed E-state index contributed by atoms with van der Waals surface area (Å²) in [7, 11) is 0. The van der Waals surface area contributed by atoms with Crippen molar-refractivity contribution in [3.63, 3.8) is 0 Å². The third kappa shape index (κ3) is 8.86. The molecular weight excluding hydrogens is 693 g/mol. The molecule has 55 heavy (non-hydrogen) atoms. The van der Waals surface area contributed by atoms with Gasteiger partial charge in [0.15, 0.2) is 0 Å². The molecule has 8 heteroatoms. The average molecular weight is 751 g/mol. The van der Waals surface area contributed by atoms with Crippen molar-refractivity contribution in [2.75, 3.05) is 33.0 Å². The number of hydrogen-bond acceptors (Lipinski definition) is 8. The van der Waals surface area contributed by atoms with Crippen LogP contribution >= 0.6 is 0 Å². The molecule has 0 heterocycles. The molecule has 5 aliphatic rings. The summed E-state index contributed by atoms with van der Waals surface area (Å²) in [6.07, 6.45) is 7.98. The Morgan fingerprint density at radius 1 is 0.691 bits per heavy atom. The van der Waals surface area contributed by atoms with Gasteiger partial charge < -0.3 is 23.7 Å². The van der Waals surface area contributed by atoms with Crippen LogP contribution < -0.4 is 0 Å². The third-order valence-electron chi connectivity index (χ3n) is 13.5. The summed E-state index contributed by atoms with van der Waals surface area (Å²) in [6.45, 7) is 9.81. The van der Waals surface area contributed by atoms with Gasteiger partial charge >= 0.3 is 17.9 Å². The Balaban J connectivity index is 0.000000183. The third-order valence-corrected chi connectivity index (χ3v) is 13.5. The van der Waals surface area contributed by atoms with Gasteiger partial charge in [-0.1, -0.05) is 87.5 Å². The molecule has 0 amide bonds. The van der Waals surface area contributed by atoms with Gasteiger partial charge in [0.1, 0.15) is 13.2 Å². The Bertz CT molecular complexity index is 1830. The first-order valence-electron chi connectivity index (χ1n) is 20.6. The van der Waals surface area contributed by atoms with E-state index in [1.54, 1.807) is 6.92 Å². The van der Waals surface area contributed by atoms with E-state index >= 15 is 0 Å². The van der Waals surface area contributed by atoms with Crippen molar-refractivity contribution in [3.05, 3.63) is 106 Å². The molecule has 2 bridgehead atoms. The van der Waals surface area contributed by atoms with Gasteiger partial charge in [0, 0.05) is 19.3 Å². The maximum atomic E-state index is 12.6. The predicted octanol–water partition coefficient (Wildman–Crippen LogP) is 8.31. The maximum absolute atomic E-state index is 12.6. The Labute approximate surface area is 326 Å². The number of aryl methyl sites for hydroxylation is 2. The van der Waals surface area contributed by atoms with Crippen LogP contribution in [0.4, 0.5) is 0 Å². The fourth-order valence-electron chi connectivity index (χ4n) is 9.27. The number of ether oxygens (including phenoxy) is 5. The van der Waals surface area contributed by atoms with Crippen LogP contribution in [0.3, 0.4) is 0 Å². The molecule has 0 aromatic heterocycles. The van der Waals surface area contributed by atoms with E-state index in [9.17, 15) is 14.4 Å². The summed E-state index contributed by atoms with van der Waals surface area (Å²) < 4.78 is 28.0. The Morgan fingerprint density at radius 2 is 1.33 bits per heavy atom. The zero-order valence-corrected chi connectivity index (χ0v) is 33.1. The predicted molar refractivity (Wildman–Crippen MR) is 209 cm³/mol. The Morgan fingerprint density at radius 3 is 1.89 bits per heavy atom. The molecule has 0 radical (unpaired) electrons. The van der Waals surface area contributed by atoms with Gasteiger partial charge in [-0.2, -0.15) is 0 Å². The van der Waals surface area contributed by atoms with Crippen LogP contribution in [0.15, 0.2) is 66.7 Å². The summed E-state index contributed by atoms with van der Waals surface area (Å²) >= 11 is 0. The number of fused-ring (bicyclic) bond motifs is 5. The molecule has 0 spiro atoms. The fourth-order valence-corrected chi connectivity index (χ4v) is 9.27. The Kier molecular flexibility index (Phi) is 12.4. The topological polar surface area (TPSA) is 97.4 Å². The second-order valence-corrected chi connectivity index (χ2v) is 16.7. The van der Waals surface area contributed by atoms with Crippen molar-refractivity contribution < 1.29 is 38.1 Å². The Hall–Kier alpha value is -4.01. The molecule has 0 N–H and O–H groups in total. The molecule has 0 aliphatic heterocycles. The van der Waals surface area contributed by atoms with Gasteiger partial charge in [-0.25, -0.2) is 0 Å². The number of carbonyl (C=O) groups is 3. The van der Waals surface area contributed by atoms with Gasteiger partial charge in [-0.3, -0.25) is 14.4 Å². The zero-order valence-electron chi connectivity index (χ0n) is 33.1. The largest absolute Gasteiger partial charge is 0.465 e. The quantitative estimate of drug-likeness (QED) is 0.0820. The molecular formula is C47H58O8. The van der Waals surface area contributed by atoms with Crippen LogP contribution in [0.2, 0.25) is 0 Å². The standard InChI is InChI=1S/C27H32O6.C20H26O2/c1-3-27(2,26(29)33-15-13-31-24-17-20-9-5-7-11-22(20)24)18-25(28)32-14-12-30-23-16-19-8-4-6-10-21(19)23;1-12-13(2)18-10-17(12)11-19(18)20(21)22-8-7-14-3-4-15-5-6-16(15)9-14/h4-11,23-24H,3,12-18H2,1-2H3;3-4,9,12-13,17-19H,5-8,10-11H2,1-2H3. The van der Waals surface area contributed by atoms with Crippen LogP contribution in [0.1, 0.15) is 105 Å². The van der Waals surface area contributed by atoms with Crippen molar-refractivity contribution in [2.24, 2.45) is 35.0 Å². The minimum atomic E-state index is -0.923. The normalized spacial score (nSPS) is 25.9. The highest BCUT2D eigenvalue weighted by molar-refractivity contribution is 5.83. The minimum absolute atomic E-state index is 0.0224. The average Bonchev–Trinajstić information content (AvgIpc) is 3.72. The van der Waals surface area contributed by atoms with Gasteiger partial charge in [-0.15, -0.1) is 0 Å². The molecule has 8 rings (SSSR count). The smallest absolute Gasteiger partial charge is 0.312 e. The molecule has 2 fully saturated rings. The highest BCUT2D eigenvalue weighted by Gasteiger charge is 2.51. The van der Waals surface area contributed by atoms with E-state index in [0.717, 1.165) is 37.5 Å². The van der Waals surface area contributed by atoms with Crippen molar-refractivity contribution in [1.82, 2.24) is 0 Å². The van der Waals surface area contributed by atoms with Crippen LogP contribution in [-0.2, 0) is 70.2 Å². The van der Waals surface area contributed by atoms with E-state index in [2.05, 4.69) is 56.3 Å². The second kappa shape index (κ2) is 17.4. The lowest BCUT2D eigenvalue weighted by molar-refractivity contribution is -0.164. The maximum Gasteiger partial charge on any atom is 0.312 e. The summed E-state index contributed by atoms with van der Waals surface area (Å²) in [5.41, 5.74) is 8.38. The number of carbonyl (C=O) groups excluding carboxylic acids is 3. The lowest BCUT2D eigenvalue weighted by Crippen LogP contribution is -2.34. The molecule has 3 aromatic carbocycles. The molecule has 294 valence electrons. The van der Waals surface area contributed by atoms with Crippen molar-refractivity contribution in [1.29, 1.82) is 0 Å². The van der Waals surface area contributed by atoms with Crippen molar-refractivity contribution in [2.45, 2.75) is 97.7 Å².